The zero-order valence-electron chi connectivity index (χ0n) is 4.39. The van der Waals surface area contributed by atoms with Gasteiger partial charge in [0.15, 0.2) is 0 Å². The molecule has 7 heavy (non-hydrogen) atoms. The molecule has 1 heteroatoms. The fourth-order valence-electron chi connectivity index (χ4n) is 0.241. The lowest BCUT2D eigenvalue weighted by molar-refractivity contribution is 1.69. The third-order valence-electron chi connectivity index (χ3n) is 0.529. The highest BCUT2D eigenvalue weighted by molar-refractivity contribution is 6.18. The molecule has 0 aromatic carbocycles. The molecule has 0 saturated carbocycles. The van der Waals surface area contributed by atoms with Crippen LogP contribution < -0.4 is 0 Å². The van der Waals surface area contributed by atoms with Crippen molar-refractivity contribution in [2.75, 3.05) is 5.88 Å². The highest BCUT2D eigenvalue weighted by Crippen LogP contribution is 1.78. The molecule has 0 N–H and O–H groups in total. The first-order valence-electron chi connectivity index (χ1n) is 2.25. The highest BCUT2D eigenvalue weighted by atomic mass is 35.5. The van der Waals surface area contributed by atoms with Gasteiger partial charge in [-0.2, -0.15) is 0 Å². The molecule has 0 aromatic heterocycles. The quantitative estimate of drug-likeness (QED) is 0.384. The van der Waals surface area contributed by atoms with Gasteiger partial charge in [0.2, 0.25) is 0 Å². The van der Waals surface area contributed by atoms with Crippen molar-refractivity contribution in [3.63, 3.8) is 0 Å². The van der Waals surface area contributed by atoms with E-state index in [2.05, 4.69) is 0 Å². The summed E-state index contributed by atoms with van der Waals surface area (Å²) in [6, 6.07) is 0. The standard InChI is InChI=1S/C6H9Cl/c1-2-3-4-5-6-7/h2-5H,6H2,1H3/b3-2-,5-4-. The van der Waals surface area contributed by atoms with Crippen LogP contribution in [0.4, 0.5) is 0 Å². The lowest BCUT2D eigenvalue weighted by Gasteiger charge is -1.68. The summed E-state index contributed by atoms with van der Waals surface area (Å²) in [5, 5.41) is 0. The van der Waals surface area contributed by atoms with E-state index in [1.807, 2.05) is 31.2 Å². The van der Waals surface area contributed by atoms with E-state index in [1.165, 1.54) is 0 Å². The lowest BCUT2D eigenvalue weighted by Crippen LogP contribution is -1.54. The molecule has 0 bridgehead atoms. The van der Waals surface area contributed by atoms with Crippen LogP contribution in [-0.2, 0) is 0 Å². The van der Waals surface area contributed by atoms with Gasteiger partial charge in [-0.15, -0.1) is 11.6 Å². The fraction of sp³-hybridized carbons (Fsp3) is 0.333. The smallest absolute Gasteiger partial charge is 0.0407 e. The molecule has 0 aliphatic carbocycles. The maximum atomic E-state index is 5.32. The van der Waals surface area contributed by atoms with Crippen molar-refractivity contribution >= 4 is 11.6 Å². The molecule has 0 nitrogen and oxygen atoms in total. The predicted molar refractivity (Wildman–Crippen MR) is 34.7 cm³/mol. The van der Waals surface area contributed by atoms with Crippen molar-refractivity contribution in [1.82, 2.24) is 0 Å². The average molecular weight is 117 g/mol. The maximum Gasteiger partial charge on any atom is 0.0407 e. The van der Waals surface area contributed by atoms with E-state index < -0.39 is 0 Å². The summed E-state index contributed by atoms with van der Waals surface area (Å²) in [4.78, 5) is 0. The van der Waals surface area contributed by atoms with Crippen LogP contribution in [0, 0.1) is 0 Å². The van der Waals surface area contributed by atoms with Crippen molar-refractivity contribution in [3.8, 4) is 0 Å². The molecule has 0 radical (unpaired) electrons. The SMILES string of the molecule is C/C=C\C=C/CCl. The van der Waals surface area contributed by atoms with Crippen LogP contribution in [0.3, 0.4) is 0 Å². The molecule has 0 rings (SSSR count). The largest absolute Gasteiger partial charge is 0.122 e. The molecule has 0 aromatic rings. The molecule has 0 aliphatic heterocycles. The van der Waals surface area contributed by atoms with Gasteiger partial charge in [-0.3, -0.25) is 0 Å². The van der Waals surface area contributed by atoms with E-state index in [-0.39, 0.29) is 0 Å². The van der Waals surface area contributed by atoms with Crippen LogP contribution in [0.15, 0.2) is 24.3 Å². The van der Waals surface area contributed by atoms with Gasteiger partial charge in [0.1, 0.15) is 0 Å². The number of allylic oxidation sites excluding steroid dienone is 4. The van der Waals surface area contributed by atoms with Gasteiger partial charge in [-0.1, -0.05) is 24.3 Å². The van der Waals surface area contributed by atoms with Gasteiger partial charge in [0.25, 0.3) is 0 Å². The Labute approximate surface area is 49.5 Å². The average Bonchev–Trinajstić information content (AvgIpc) is 1.69. The van der Waals surface area contributed by atoms with Gasteiger partial charge in [0, 0.05) is 5.88 Å². The Hall–Kier alpha value is -0.230. The van der Waals surface area contributed by atoms with E-state index in [1.54, 1.807) is 0 Å². The molecule has 0 fully saturated rings. The second-order valence-corrected chi connectivity index (χ2v) is 1.42. The van der Waals surface area contributed by atoms with Crippen LogP contribution in [-0.4, -0.2) is 5.88 Å². The number of hydrogen-bond acceptors (Lipinski definition) is 0. The van der Waals surface area contributed by atoms with Gasteiger partial charge in [-0.25, -0.2) is 0 Å². The second kappa shape index (κ2) is 5.77. The Morgan fingerprint density at radius 1 is 1.43 bits per heavy atom. The Morgan fingerprint density at radius 3 is 2.57 bits per heavy atom. The molecule has 0 saturated heterocycles. The first kappa shape index (κ1) is 6.77. The highest BCUT2D eigenvalue weighted by Gasteiger charge is 1.59. The summed E-state index contributed by atoms with van der Waals surface area (Å²) >= 11 is 5.32. The third-order valence-corrected chi connectivity index (χ3v) is 0.707. The van der Waals surface area contributed by atoms with Crippen LogP contribution >= 0.6 is 11.6 Å². The van der Waals surface area contributed by atoms with Crippen LogP contribution in [0.5, 0.6) is 0 Å². The minimum atomic E-state index is 0.602. The number of rotatable bonds is 2. The van der Waals surface area contributed by atoms with Crippen molar-refractivity contribution < 1.29 is 0 Å². The Kier molecular flexibility index (Phi) is 5.58. The lowest BCUT2D eigenvalue weighted by atomic mass is 10.5. The fourth-order valence-corrected chi connectivity index (χ4v) is 0.344. The zero-order chi connectivity index (χ0) is 5.54. The zero-order valence-corrected chi connectivity index (χ0v) is 5.15. The van der Waals surface area contributed by atoms with E-state index in [4.69, 9.17) is 11.6 Å². The van der Waals surface area contributed by atoms with E-state index >= 15 is 0 Å². The van der Waals surface area contributed by atoms with Crippen LogP contribution in [0.25, 0.3) is 0 Å². The van der Waals surface area contributed by atoms with Crippen molar-refractivity contribution in [3.05, 3.63) is 24.3 Å². The van der Waals surface area contributed by atoms with Crippen LogP contribution in [0.2, 0.25) is 0 Å². The molecule has 0 spiro atoms. The van der Waals surface area contributed by atoms with E-state index in [0.717, 1.165) is 0 Å². The number of halogens is 1. The summed E-state index contributed by atoms with van der Waals surface area (Å²) in [5.41, 5.74) is 0. The number of hydrogen-bond donors (Lipinski definition) is 0. The van der Waals surface area contributed by atoms with Crippen molar-refractivity contribution in [2.45, 2.75) is 6.92 Å². The first-order valence-corrected chi connectivity index (χ1v) is 2.79. The van der Waals surface area contributed by atoms with Crippen molar-refractivity contribution in [1.29, 1.82) is 0 Å². The Bertz CT molecular complexity index is 72.2. The Balaban J connectivity index is 3.09. The van der Waals surface area contributed by atoms with Gasteiger partial charge < -0.3 is 0 Å². The predicted octanol–water partition coefficient (Wildman–Crippen LogP) is 2.36. The molecular formula is C6H9Cl. The molecule has 0 amide bonds. The first-order chi connectivity index (χ1) is 3.41. The van der Waals surface area contributed by atoms with E-state index in [9.17, 15) is 0 Å². The monoisotopic (exact) mass is 116 g/mol. The Morgan fingerprint density at radius 2 is 2.14 bits per heavy atom. The summed E-state index contributed by atoms with van der Waals surface area (Å²) in [7, 11) is 0. The number of alkyl halides is 1. The van der Waals surface area contributed by atoms with Gasteiger partial charge >= 0.3 is 0 Å². The second-order valence-electron chi connectivity index (χ2n) is 1.11. The molecule has 0 aliphatic rings. The summed E-state index contributed by atoms with van der Waals surface area (Å²) in [5.74, 6) is 0.602. The molecule has 0 heterocycles. The third kappa shape index (κ3) is 5.77. The minimum Gasteiger partial charge on any atom is -0.122 e. The van der Waals surface area contributed by atoms with Gasteiger partial charge in [-0.05, 0) is 6.92 Å². The normalized spacial score (nSPS) is 11.7. The maximum absolute atomic E-state index is 5.32. The molecule has 0 atom stereocenters. The summed E-state index contributed by atoms with van der Waals surface area (Å²) in [6.45, 7) is 1.97. The summed E-state index contributed by atoms with van der Waals surface area (Å²) < 4.78 is 0. The van der Waals surface area contributed by atoms with E-state index in [0.29, 0.717) is 5.88 Å². The van der Waals surface area contributed by atoms with Crippen LogP contribution in [0.1, 0.15) is 6.92 Å². The van der Waals surface area contributed by atoms with Gasteiger partial charge in [0.05, 0.1) is 0 Å². The molecule has 40 valence electrons. The minimum absolute atomic E-state index is 0.602. The topological polar surface area (TPSA) is 0 Å². The molecular weight excluding hydrogens is 108 g/mol. The van der Waals surface area contributed by atoms with Crippen molar-refractivity contribution in [2.24, 2.45) is 0 Å². The molecule has 0 unspecified atom stereocenters. The summed E-state index contributed by atoms with van der Waals surface area (Å²) in [6.07, 6.45) is 7.72.